The maximum atomic E-state index is 5.62. The van der Waals surface area contributed by atoms with Crippen LogP contribution < -0.4 is 11.1 Å². The van der Waals surface area contributed by atoms with E-state index >= 15 is 0 Å². The van der Waals surface area contributed by atoms with E-state index in [0.717, 1.165) is 10.9 Å². The third-order valence-electron chi connectivity index (χ3n) is 1.21. The zero-order valence-electron chi connectivity index (χ0n) is 4.77. The van der Waals surface area contributed by atoms with Crippen LogP contribution >= 0.6 is 31.9 Å². The number of allylic oxidation sites excluding steroid dienone is 1. The van der Waals surface area contributed by atoms with Gasteiger partial charge in [0.2, 0.25) is 0 Å². The number of rotatable bonds is 0. The molecule has 1 aliphatic rings. The molecule has 0 aromatic heterocycles. The number of hydrogen-bond acceptors (Lipinski definition) is 2. The molecule has 0 spiro atoms. The molecule has 4 heteroatoms. The van der Waals surface area contributed by atoms with Crippen LogP contribution in [-0.4, -0.2) is 11.0 Å². The molecule has 0 radical (unpaired) electrons. The van der Waals surface area contributed by atoms with E-state index in [1.807, 2.05) is 6.20 Å². The van der Waals surface area contributed by atoms with Gasteiger partial charge in [0.05, 0.1) is 11.0 Å². The van der Waals surface area contributed by atoms with Gasteiger partial charge in [-0.3, -0.25) is 0 Å². The van der Waals surface area contributed by atoms with Crippen LogP contribution in [0.25, 0.3) is 0 Å². The smallest absolute Gasteiger partial charge is 0.0869 e. The minimum atomic E-state index is 0.0475. The van der Waals surface area contributed by atoms with E-state index in [0.29, 0.717) is 4.83 Å². The summed E-state index contributed by atoms with van der Waals surface area (Å²) in [7, 11) is 0. The van der Waals surface area contributed by atoms with Gasteiger partial charge < -0.3 is 11.1 Å². The third kappa shape index (κ3) is 1.95. The van der Waals surface area contributed by atoms with Gasteiger partial charge in [0.15, 0.2) is 0 Å². The standard InChI is InChI=1S/C5H8Br2N2/c6-3-1-4(7)5(8)9-2-3/h2,4-5,9H,1,8H2. The first kappa shape index (κ1) is 7.57. The first-order chi connectivity index (χ1) is 4.20. The topological polar surface area (TPSA) is 38.0 Å². The van der Waals surface area contributed by atoms with E-state index in [4.69, 9.17) is 5.73 Å². The predicted octanol–water partition coefficient (Wildman–Crippen LogP) is 1.26. The maximum absolute atomic E-state index is 5.62. The Balaban J connectivity index is 2.54. The molecular weight excluding hydrogens is 248 g/mol. The van der Waals surface area contributed by atoms with Gasteiger partial charge in [-0.05, 0) is 6.42 Å². The molecule has 1 aliphatic heterocycles. The molecule has 0 bridgehead atoms. The van der Waals surface area contributed by atoms with Crippen LogP contribution in [0.3, 0.4) is 0 Å². The molecule has 2 nitrogen and oxygen atoms in total. The molecular formula is C5H8Br2N2. The first-order valence-corrected chi connectivity index (χ1v) is 4.41. The summed E-state index contributed by atoms with van der Waals surface area (Å²) in [6, 6.07) is 0. The van der Waals surface area contributed by atoms with Gasteiger partial charge in [0, 0.05) is 10.7 Å². The summed E-state index contributed by atoms with van der Waals surface area (Å²) >= 11 is 6.80. The molecule has 1 heterocycles. The van der Waals surface area contributed by atoms with Crippen molar-refractivity contribution in [3.05, 3.63) is 10.7 Å². The Bertz CT molecular complexity index is 135. The maximum Gasteiger partial charge on any atom is 0.0869 e. The summed E-state index contributed by atoms with van der Waals surface area (Å²) in [5.74, 6) is 0. The summed E-state index contributed by atoms with van der Waals surface area (Å²) in [6.07, 6.45) is 2.91. The lowest BCUT2D eigenvalue weighted by Crippen LogP contribution is -2.44. The van der Waals surface area contributed by atoms with E-state index in [2.05, 4.69) is 37.2 Å². The lowest BCUT2D eigenvalue weighted by molar-refractivity contribution is 0.563. The summed E-state index contributed by atoms with van der Waals surface area (Å²) in [4.78, 5) is 0.344. The normalized spacial score (nSPS) is 35.2. The quantitative estimate of drug-likeness (QED) is 0.640. The number of hydrogen-bond donors (Lipinski definition) is 2. The van der Waals surface area contributed by atoms with Crippen molar-refractivity contribution < 1.29 is 0 Å². The van der Waals surface area contributed by atoms with Gasteiger partial charge in [-0.15, -0.1) is 0 Å². The fraction of sp³-hybridized carbons (Fsp3) is 0.600. The zero-order valence-corrected chi connectivity index (χ0v) is 7.94. The average molecular weight is 256 g/mol. The van der Waals surface area contributed by atoms with Crippen LogP contribution in [0.1, 0.15) is 6.42 Å². The summed E-state index contributed by atoms with van der Waals surface area (Å²) in [5.41, 5.74) is 5.62. The molecule has 1 rings (SSSR count). The highest BCUT2D eigenvalue weighted by molar-refractivity contribution is 9.12. The number of halogens is 2. The van der Waals surface area contributed by atoms with Gasteiger partial charge in [-0.25, -0.2) is 0 Å². The van der Waals surface area contributed by atoms with E-state index in [1.165, 1.54) is 0 Å². The first-order valence-electron chi connectivity index (χ1n) is 2.70. The Morgan fingerprint density at radius 3 is 2.89 bits per heavy atom. The second-order valence-corrected chi connectivity index (χ2v) is 4.20. The average Bonchev–Trinajstić information content (AvgIpc) is 1.80. The summed E-state index contributed by atoms with van der Waals surface area (Å²) in [5, 5.41) is 3.00. The zero-order chi connectivity index (χ0) is 6.85. The Hall–Kier alpha value is 0.460. The highest BCUT2D eigenvalue weighted by atomic mass is 79.9. The minimum Gasteiger partial charge on any atom is -0.374 e. The van der Waals surface area contributed by atoms with Gasteiger partial charge >= 0.3 is 0 Å². The van der Waals surface area contributed by atoms with Crippen molar-refractivity contribution in [2.24, 2.45) is 5.73 Å². The predicted molar refractivity (Wildman–Crippen MR) is 45.5 cm³/mol. The molecule has 0 aromatic rings. The van der Waals surface area contributed by atoms with Crippen LogP contribution in [0.5, 0.6) is 0 Å². The molecule has 0 aliphatic carbocycles. The Labute approximate surface area is 71.1 Å². The fourth-order valence-corrected chi connectivity index (χ4v) is 2.08. The SMILES string of the molecule is NC1NC=C(Br)CC1Br. The van der Waals surface area contributed by atoms with Crippen molar-refractivity contribution in [2.45, 2.75) is 17.4 Å². The van der Waals surface area contributed by atoms with Crippen molar-refractivity contribution in [1.82, 2.24) is 5.32 Å². The number of nitrogens with two attached hydrogens (primary N) is 1. The highest BCUT2D eigenvalue weighted by Crippen LogP contribution is 2.21. The molecule has 2 unspecified atom stereocenters. The van der Waals surface area contributed by atoms with Gasteiger partial charge in [-0.2, -0.15) is 0 Å². The van der Waals surface area contributed by atoms with Crippen LogP contribution in [0.4, 0.5) is 0 Å². The lowest BCUT2D eigenvalue weighted by Gasteiger charge is -2.23. The largest absolute Gasteiger partial charge is 0.374 e. The highest BCUT2D eigenvalue weighted by Gasteiger charge is 2.17. The van der Waals surface area contributed by atoms with E-state index < -0.39 is 0 Å². The fourth-order valence-electron chi connectivity index (χ4n) is 0.663. The van der Waals surface area contributed by atoms with Crippen LogP contribution in [0.2, 0.25) is 0 Å². The van der Waals surface area contributed by atoms with Crippen LogP contribution in [-0.2, 0) is 0 Å². The van der Waals surface area contributed by atoms with Crippen molar-refractivity contribution in [1.29, 1.82) is 0 Å². The van der Waals surface area contributed by atoms with Crippen molar-refractivity contribution >= 4 is 31.9 Å². The van der Waals surface area contributed by atoms with E-state index in [1.54, 1.807) is 0 Å². The number of nitrogens with one attached hydrogen (secondary N) is 1. The van der Waals surface area contributed by atoms with Crippen molar-refractivity contribution in [3.63, 3.8) is 0 Å². The summed E-state index contributed by atoms with van der Waals surface area (Å²) < 4.78 is 1.16. The third-order valence-corrected chi connectivity index (χ3v) is 2.66. The molecule has 0 saturated heterocycles. The van der Waals surface area contributed by atoms with Crippen LogP contribution in [0, 0.1) is 0 Å². The minimum absolute atomic E-state index is 0.0475. The molecule has 0 saturated carbocycles. The Kier molecular flexibility index (Phi) is 2.55. The van der Waals surface area contributed by atoms with Crippen molar-refractivity contribution in [3.8, 4) is 0 Å². The second-order valence-electron chi connectivity index (χ2n) is 2.00. The monoisotopic (exact) mass is 254 g/mol. The molecule has 0 fully saturated rings. The Morgan fingerprint density at radius 1 is 1.78 bits per heavy atom. The second kappa shape index (κ2) is 3.03. The Morgan fingerprint density at radius 2 is 2.44 bits per heavy atom. The molecule has 9 heavy (non-hydrogen) atoms. The lowest BCUT2D eigenvalue weighted by atomic mass is 10.2. The van der Waals surface area contributed by atoms with E-state index in [-0.39, 0.29) is 6.17 Å². The molecule has 0 aromatic carbocycles. The molecule has 3 N–H and O–H groups in total. The summed E-state index contributed by atoms with van der Waals surface area (Å²) in [6.45, 7) is 0. The van der Waals surface area contributed by atoms with Crippen molar-refractivity contribution in [2.75, 3.05) is 0 Å². The number of alkyl halides is 1. The van der Waals surface area contributed by atoms with Gasteiger partial charge in [0.25, 0.3) is 0 Å². The van der Waals surface area contributed by atoms with Crippen LogP contribution in [0.15, 0.2) is 10.7 Å². The molecule has 52 valence electrons. The van der Waals surface area contributed by atoms with E-state index in [9.17, 15) is 0 Å². The van der Waals surface area contributed by atoms with Gasteiger partial charge in [0.1, 0.15) is 0 Å². The van der Waals surface area contributed by atoms with Gasteiger partial charge in [-0.1, -0.05) is 31.9 Å². The molecule has 0 amide bonds. The molecule has 2 atom stereocenters.